The van der Waals surface area contributed by atoms with Gasteiger partial charge in [0.05, 0.1) is 6.61 Å². The van der Waals surface area contributed by atoms with Crippen LogP contribution in [0.3, 0.4) is 0 Å². The van der Waals surface area contributed by atoms with E-state index in [0.29, 0.717) is 24.0 Å². The minimum absolute atomic E-state index is 0.0370. The Morgan fingerprint density at radius 2 is 2.00 bits per heavy atom. The van der Waals surface area contributed by atoms with Crippen LogP contribution < -0.4 is 10.5 Å². The van der Waals surface area contributed by atoms with Crippen molar-refractivity contribution in [2.75, 3.05) is 18.9 Å². The van der Waals surface area contributed by atoms with Gasteiger partial charge in [0.1, 0.15) is 5.75 Å². The number of hydrogen-bond acceptors (Lipinski definition) is 4. The lowest BCUT2D eigenvalue weighted by atomic mass is 9.90. The number of anilines is 1. The van der Waals surface area contributed by atoms with E-state index in [4.69, 9.17) is 15.2 Å². The Bertz CT molecular complexity index is 471. The van der Waals surface area contributed by atoms with Crippen molar-refractivity contribution < 1.29 is 14.3 Å². The van der Waals surface area contributed by atoms with Gasteiger partial charge in [-0.1, -0.05) is 6.42 Å². The lowest BCUT2D eigenvalue weighted by Crippen LogP contribution is -2.22. The van der Waals surface area contributed by atoms with E-state index in [-0.39, 0.29) is 12.6 Å². The SMILES string of the molecule is Nc1ccc(OCC(=O)OCC2CC3CCC2C3)cc1. The largest absolute Gasteiger partial charge is 0.482 e. The van der Waals surface area contributed by atoms with Gasteiger partial charge in [-0.05, 0) is 61.3 Å². The molecule has 20 heavy (non-hydrogen) atoms. The second-order valence-corrected chi connectivity index (χ2v) is 5.98. The van der Waals surface area contributed by atoms with E-state index >= 15 is 0 Å². The summed E-state index contributed by atoms with van der Waals surface area (Å²) < 4.78 is 10.7. The smallest absolute Gasteiger partial charge is 0.344 e. The van der Waals surface area contributed by atoms with Crippen molar-refractivity contribution in [2.45, 2.75) is 25.7 Å². The van der Waals surface area contributed by atoms with Gasteiger partial charge in [-0.2, -0.15) is 0 Å². The van der Waals surface area contributed by atoms with Crippen molar-refractivity contribution in [3.05, 3.63) is 24.3 Å². The highest BCUT2D eigenvalue weighted by Crippen LogP contribution is 2.48. The molecule has 3 unspecified atom stereocenters. The molecule has 2 aliphatic rings. The number of benzene rings is 1. The molecule has 1 aromatic carbocycles. The molecular weight excluding hydrogens is 254 g/mol. The molecule has 0 amide bonds. The van der Waals surface area contributed by atoms with Crippen LogP contribution in [0.1, 0.15) is 25.7 Å². The van der Waals surface area contributed by atoms with Crippen LogP contribution in [0.5, 0.6) is 5.75 Å². The highest BCUT2D eigenvalue weighted by atomic mass is 16.6. The zero-order valence-electron chi connectivity index (χ0n) is 11.6. The molecule has 0 aliphatic heterocycles. The monoisotopic (exact) mass is 275 g/mol. The van der Waals surface area contributed by atoms with Gasteiger partial charge in [0.2, 0.25) is 0 Å². The lowest BCUT2D eigenvalue weighted by molar-refractivity contribution is -0.147. The molecule has 2 N–H and O–H groups in total. The summed E-state index contributed by atoms with van der Waals surface area (Å²) >= 11 is 0. The number of nitrogen functional groups attached to an aromatic ring is 1. The number of fused-ring (bicyclic) bond motifs is 2. The molecule has 4 nitrogen and oxygen atoms in total. The van der Waals surface area contributed by atoms with Crippen molar-refractivity contribution in [1.82, 2.24) is 0 Å². The first-order valence-electron chi connectivity index (χ1n) is 7.34. The van der Waals surface area contributed by atoms with Crippen molar-refractivity contribution in [3.8, 4) is 5.75 Å². The molecule has 108 valence electrons. The summed E-state index contributed by atoms with van der Waals surface area (Å²) in [5.74, 6) is 2.59. The fourth-order valence-corrected chi connectivity index (χ4v) is 3.53. The summed E-state index contributed by atoms with van der Waals surface area (Å²) in [7, 11) is 0. The highest BCUT2D eigenvalue weighted by Gasteiger charge is 2.39. The number of carbonyl (C=O) groups excluding carboxylic acids is 1. The van der Waals surface area contributed by atoms with Crippen molar-refractivity contribution in [3.63, 3.8) is 0 Å². The van der Waals surface area contributed by atoms with Crippen LogP contribution in [0.4, 0.5) is 5.69 Å². The number of nitrogens with two attached hydrogens (primary N) is 1. The molecule has 3 rings (SSSR count). The maximum atomic E-state index is 11.7. The molecule has 4 heteroatoms. The Labute approximate surface area is 119 Å². The van der Waals surface area contributed by atoms with Crippen LogP contribution in [0, 0.1) is 17.8 Å². The molecule has 2 aliphatic carbocycles. The number of esters is 1. The molecule has 1 aromatic rings. The van der Waals surface area contributed by atoms with Gasteiger partial charge in [-0.15, -0.1) is 0 Å². The second-order valence-electron chi connectivity index (χ2n) is 5.98. The molecule has 3 atom stereocenters. The van der Waals surface area contributed by atoms with Crippen LogP contribution in [0.15, 0.2) is 24.3 Å². The lowest BCUT2D eigenvalue weighted by Gasteiger charge is -2.21. The van der Waals surface area contributed by atoms with Gasteiger partial charge in [-0.25, -0.2) is 4.79 Å². The molecule has 2 fully saturated rings. The molecule has 0 heterocycles. The van der Waals surface area contributed by atoms with E-state index in [1.54, 1.807) is 24.3 Å². The number of rotatable bonds is 5. The minimum atomic E-state index is -0.287. The minimum Gasteiger partial charge on any atom is -0.482 e. The molecule has 0 aromatic heterocycles. The topological polar surface area (TPSA) is 61.5 Å². The first-order valence-corrected chi connectivity index (χ1v) is 7.34. The molecule has 2 bridgehead atoms. The third-order valence-electron chi connectivity index (χ3n) is 4.58. The van der Waals surface area contributed by atoms with E-state index in [2.05, 4.69) is 0 Å². The van der Waals surface area contributed by atoms with Gasteiger partial charge in [0.25, 0.3) is 0 Å². The number of hydrogen-bond donors (Lipinski definition) is 1. The first-order chi connectivity index (χ1) is 9.70. The van der Waals surface area contributed by atoms with Crippen LogP contribution in [-0.4, -0.2) is 19.2 Å². The molecule has 2 saturated carbocycles. The van der Waals surface area contributed by atoms with Gasteiger partial charge >= 0.3 is 5.97 Å². The predicted octanol–water partition coefficient (Wildman–Crippen LogP) is 2.63. The zero-order chi connectivity index (χ0) is 13.9. The van der Waals surface area contributed by atoms with Crippen molar-refractivity contribution in [1.29, 1.82) is 0 Å². The quantitative estimate of drug-likeness (QED) is 0.663. The summed E-state index contributed by atoms with van der Waals surface area (Å²) in [6.07, 6.45) is 5.26. The van der Waals surface area contributed by atoms with Crippen molar-refractivity contribution in [2.24, 2.45) is 17.8 Å². The Balaban J connectivity index is 1.38. The highest BCUT2D eigenvalue weighted by molar-refractivity contribution is 5.71. The summed E-state index contributed by atoms with van der Waals surface area (Å²) in [6, 6.07) is 6.99. The predicted molar refractivity (Wildman–Crippen MR) is 76.2 cm³/mol. The Hall–Kier alpha value is -1.71. The molecular formula is C16H21NO3. The fraction of sp³-hybridized carbons (Fsp3) is 0.562. The van der Waals surface area contributed by atoms with E-state index in [0.717, 1.165) is 11.8 Å². The first kappa shape index (κ1) is 13.3. The summed E-state index contributed by atoms with van der Waals surface area (Å²) in [5, 5.41) is 0. The molecule has 0 saturated heterocycles. The molecule has 0 spiro atoms. The maximum absolute atomic E-state index is 11.7. The Morgan fingerprint density at radius 1 is 1.20 bits per heavy atom. The van der Waals surface area contributed by atoms with Crippen LogP contribution >= 0.6 is 0 Å². The second kappa shape index (κ2) is 5.73. The summed E-state index contributed by atoms with van der Waals surface area (Å²) in [6.45, 7) is 0.524. The average Bonchev–Trinajstić information content (AvgIpc) is 3.07. The van der Waals surface area contributed by atoms with E-state index < -0.39 is 0 Å². The number of ether oxygens (including phenoxy) is 2. The van der Waals surface area contributed by atoms with E-state index in [1.165, 1.54) is 25.7 Å². The molecule has 0 radical (unpaired) electrons. The average molecular weight is 275 g/mol. The van der Waals surface area contributed by atoms with E-state index in [1.807, 2.05) is 0 Å². The van der Waals surface area contributed by atoms with Gasteiger partial charge < -0.3 is 15.2 Å². The standard InChI is InChI=1S/C16H21NO3/c17-14-3-5-15(6-4-14)19-10-16(18)20-9-13-8-11-1-2-12(13)7-11/h3-6,11-13H,1-2,7-10,17H2. The van der Waals surface area contributed by atoms with Gasteiger partial charge in [0, 0.05) is 5.69 Å². The van der Waals surface area contributed by atoms with Crippen LogP contribution in [0.25, 0.3) is 0 Å². The summed E-state index contributed by atoms with van der Waals surface area (Å²) in [5.41, 5.74) is 6.26. The van der Waals surface area contributed by atoms with Crippen molar-refractivity contribution >= 4 is 11.7 Å². The maximum Gasteiger partial charge on any atom is 0.344 e. The van der Waals surface area contributed by atoms with E-state index in [9.17, 15) is 4.79 Å². The summed E-state index contributed by atoms with van der Waals surface area (Å²) in [4.78, 5) is 11.7. The van der Waals surface area contributed by atoms with Crippen LogP contribution in [-0.2, 0) is 9.53 Å². The van der Waals surface area contributed by atoms with Gasteiger partial charge in [-0.3, -0.25) is 0 Å². The fourth-order valence-electron chi connectivity index (χ4n) is 3.53. The third-order valence-corrected chi connectivity index (χ3v) is 4.58. The normalized spacial score (nSPS) is 27.5. The Kier molecular flexibility index (Phi) is 3.81. The van der Waals surface area contributed by atoms with Crippen LogP contribution in [0.2, 0.25) is 0 Å². The van der Waals surface area contributed by atoms with Gasteiger partial charge in [0.15, 0.2) is 6.61 Å². The third kappa shape index (κ3) is 3.06. The zero-order valence-corrected chi connectivity index (χ0v) is 11.6. The number of carbonyl (C=O) groups is 1. The Morgan fingerprint density at radius 3 is 2.65 bits per heavy atom.